The minimum atomic E-state index is -0.264. The molecule has 1 fully saturated rings. The van der Waals surface area contributed by atoms with Crippen LogP contribution in [0.2, 0.25) is 0 Å². The Bertz CT molecular complexity index is 364. The van der Waals surface area contributed by atoms with Gasteiger partial charge in [-0.15, -0.1) is 0 Å². The van der Waals surface area contributed by atoms with E-state index in [1.807, 2.05) is 0 Å². The maximum Gasteiger partial charge on any atom is 0.165 e. The Morgan fingerprint density at radius 1 is 1.00 bits per heavy atom. The molecule has 1 heterocycles. The van der Waals surface area contributed by atoms with Crippen molar-refractivity contribution in [3.63, 3.8) is 0 Å². The SMILES string of the molecule is Fc1ccccc1OCCCCCC[NH+]1CCCC1. The number of nitrogens with one attached hydrogen (secondary N) is 1. The lowest BCUT2D eigenvalue weighted by Crippen LogP contribution is -3.09. The summed E-state index contributed by atoms with van der Waals surface area (Å²) in [7, 11) is 0. The first-order valence-electron chi connectivity index (χ1n) is 7.57. The Morgan fingerprint density at radius 2 is 1.74 bits per heavy atom. The molecule has 0 spiro atoms. The summed E-state index contributed by atoms with van der Waals surface area (Å²) in [6.07, 6.45) is 7.60. The third kappa shape index (κ3) is 5.19. The summed E-state index contributed by atoms with van der Waals surface area (Å²) in [5, 5.41) is 0. The van der Waals surface area contributed by atoms with Gasteiger partial charge in [-0.2, -0.15) is 0 Å². The number of unbranched alkanes of at least 4 members (excludes halogenated alkanes) is 3. The van der Waals surface area contributed by atoms with Crippen LogP contribution in [0.1, 0.15) is 38.5 Å². The van der Waals surface area contributed by atoms with Crippen molar-refractivity contribution in [2.24, 2.45) is 0 Å². The lowest BCUT2D eigenvalue weighted by atomic mass is 10.2. The highest BCUT2D eigenvalue weighted by Gasteiger charge is 2.13. The van der Waals surface area contributed by atoms with Crippen LogP contribution in [0.15, 0.2) is 24.3 Å². The molecule has 1 N–H and O–H groups in total. The van der Waals surface area contributed by atoms with Gasteiger partial charge in [-0.3, -0.25) is 0 Å². The van der Waals surface area contributed by atoms with Gasteiger partial charge in [0.05, 0.1) is 26.2 Å². The van der Waals surface area contributed by atoms with Crippen LogP contribution in [0.25, 0.3) is 0 Å². The molecule has 3 heteroatoms. The van der Waals surface area contributed by atoms with Gasteiger partial charge in [-0.1, -0.05) is 12.1 Å². The van der Waals surface area contributed by atoms with Crippen molar-refractivity contribution < 1.29 is 14.0 Å². The molecule has 0 bridgehead atoms. The molecule has 1 saturated heterocycles. The van der Waals surface area contributed by atoms with Crippen molar-refractivity contribution in [2.45, 2.75) is 38.5 Å². The average Bonchev–Trinajstić information content (AvgIpc) is 2.93. The van der Waals surface area contributed by atoms with Gasteiger partial charge in [0.2, 0.25) is 0 Å². The molecule has 106 valence electrons. The van der Waals surface area contributed by atoms with Crippen molar-refractivity contribution in [1.29, 1.82) is 0 Å². The van der Waals surface area contributed by atoms with E-state index < -0.39 is 0 Å². The summed E-state index contributed by atoms with van der Waals surface area (Å²) in [5.41, 5.74) is 0. The van der Waals surface area contributed by atoms with E-state index in [1.165, 1.54) is 57.8 Å². The fourth-order valence-corrected chi connectivity index (χ4v) is 2.70. The predicted molar refractivity (Wildman–Crippen MR) is 75.2 cm³/mol. The monoisotopic (exact) mass is 266 g/mol. The average molecular weight is 266 g/mol. The standard InChI is InChI=1S/C16H24FNO/c17-15-9-3-4-10-16(15)19-14-8-2-1-5-11-18-12-6-7-13-18/h3-4,9-10H,1-2,5-8,11-14H2/p+1. The van der Waals surface area contributed by atoms with Gasteiger partial charge < -0.3 is 9.64 Å². The number of benzene rings is 1. The first-order chi connectivity index (χ1) is 9.36. The zero-order valence-electron chi connectivity index (χ0n) is 11.7. The van der Waals surface area contributed by atoms with E-state index in [2.05, 4.69) is 0 Å². The molecule has 2 nitrogen and oxygen atoms in total. The van der Waals surface area contributed by atoms with Crippen LogP contribution < -0.4 is 9.64 Å². The number of para-hydroxylation sites is 1. The summed E-state index contributed by atoms with van der Waals surface area (Å²) < 4.78 is 18.7. The summed E-state index contributed by atoms with van der Waals surface area (Å²) >= 11 is 0. The number of hydrogen-bond acceptors (Lipinski definition) is 1. The molecule has 0 atom stereocenters. The second-order valence-electron chi connectivity index (χ2n) is 5.40. The maximum absolute atomic E-state index is 13.3. The smallest absolute Gasteiger partial charge is 0.165 e. The molecule has 1 aliphatic heterocycles. The Labute approximate surface area is 115 Å². The predicted octanol–water partition coefficient (Wildman–Crippen LogP) is 2.44. The third-order valence-electron chi connectivity index (χ3n) is 3.83. The molecule has 0 aromatic heterocycles. The van der Waals surface area contributed by atoms with E-state index in [4.69, 9.17) is 4.74 Å². The number of hydrogen-bond donors (Lipinski definition) is 1. The summed E-state index contributed by atoms with van der Waals surface area (Å²) in [6, 6.07) is 6.61. The Hall–Kier alpha value is -1.09. The van der Waals surface area contributed by atoms with Gasteiger partial charge >= 0.3 is 0 Å². The molecule has 0 aliphatic carbocycles. The van der Waals surface area contributed by atoms with E-state index in [0.29, 0.717) is 12.4 Å². The first-order valence-corrected chi connectivity index (χ1v) is 7.57. The largest absolute Gasteiger partial charge is 0.491 e. The number of halogens is 1. The van der Waals surface area contributed by atoms with Crippen molar-refractivity contribution in [2.75, 3.05) is 26.2 Å². The lowest BCUT2D eigenvalue weighted by molar-refractivity contribution is -0.887. The van der Waals surface area contributed by atoms with Gasteiger partial charge in [0, 0.05) is 12.8 Å². The van der Waals surface area contributed by atoms with Crippen molar-refractivity contribution in [1.82, 2.24) is 0 Å². The van der Waals surface area contributed by atoms with Gasteiger partial charge in [0.25, 0.3) is 0 Å². The van der Waals surface area contributed by atoms with Gasteiger partial charge in [0.15, 0.2) is 11.6 Å². The lowest BCUT2D eigenvalue weighted by Gasteiger charge is -2.11. The van der Waals surface area contributed by atoms with Crippen LogP contribution in [0.4, 0.5) is 4.39 Å². The molecule has 0 radical (unpaired) electrons. The summed E-state index contributed by atoms with van der Waals surface area (Å²) in [6.45, 7) is 4.69. The molecular formula is C16H25FNO+. The van der Waals surface area contributed by atoms with Crippen molar-refractivity contribution >= 4 is 0 Å². The van der Waals surface area contributed by atoms with Gasteiger partial charge in [-0.25, -0.2) is 4.39 Å². The maximum atomic E-state index is 13.3. The number of quaternary nitrogens is 1. The van der Waals surface area contributed by atoms with Crippen LogP contribution in [-0.4, -0.2) is 26.2 Å². The second kappa shape index (κ2) is 8.16. The minimum Gasteiger partial charge on any atom is -0.491 e. The van der Waals surface area contributed by atoms with E-state index >= 15 is 0 Å². The van der Waals surface area contributed by atoms with Crippen LogP contribution in [0.3, 0.4) is 0 Å². The van der Waals surface area contributed by atoms with E-state index in [1.54, 1.807) is 23.1 Å². The van der Waals surface area contributed by atoms with Crippen LogP contribution in [-0.2, 0) is 0 Å². The van der Waals surface area contributed by atoms with Crippen molar-refractivity contribution in [3.8, 4) is 5.75 Å². The van der Waals surface area contributed by atoms with Gasteiger partial charge in [-0.05, 0) is 37.8 Å². The number of ether oxygens (including phenoxy) is 1. The van der Waals surface area contributed by atoms with Crippen LogP contribution in [0, 0.1) is 5.82 Å². The highest BCUT2D eigenvalue weighted by molar-refractivity contribution is 5.23. The van der Waals surface area contributed by atoms with Crippen LogP contribution >= 0.6 is 0 Å². The highest BCUT2D eigenvalue weighted by atomic mass is 19.1. The number of likely N-dealkylation sites (tertiary alicyclic amines) is 1. The Kier molecular flexibility index (Phi) is 6.15. The number of rotatable bonds is 8. The fourth-order valence-electron chi connectivity index (χ4n) is 2.70. The zero-order chi connectivity index (χ0) is 13.3. The third-order valence-corrected chi connectivity index (χ3v) is 3.83. The fraction of sp³-hybridized carbons (Fsp3) is 0.625. The first kappa shape index (κ1) is 14.3. The topological polar surface area (TPSA) is 13.7 Å². The summed E-state index contributed by atoms with van der Waals surface area (Å²) in [4.78, 5) is 1.78. The Morgan fingerprint density at radius 3 is 2.53 bits per heavy atom. The Balaban J connectivity index is 1.47. The van der Waals surface area contributed by atoms with E-state index in [0.717, 1.165) is 6.42 Å². The molecule has 1 aliphatic rings. The quantitative estimate of drug-likeness (QED) is 0.714. The second-order valence-corrected chi connectivity index (χ2v) is 5.40. The molecular weight excluding hydrogens is 241 g/mol. The van der Waals surface area contributed by atoms with E-state index in [9.17, 15) is 4.39 Å². The molecule has 2 rings (SSSR count). The molecule has 0 unspecified atom stereocenters. The summed E-state index contributed by atoms with van der Waals surface area (Å²) in [5.74, 6) is 0.115. The van der Waals surface area contributed by atoms with Crippen LogP contribution in [0.5, 0.6) is 5.75 Å². The zero-order valence-corrected chi connectivity index (χ0v) is 11.7. The van der Waals surface area contributed by atoms with Gasteiger partial charge in [0.1, 0.15) is 0 Å². The highest BCUT2D eigenvalue weighted by Crippen LogP contribution is 2.15. The normalized spacial score (nSPS) is 15.8. The van der Waals surface area contributed by atoms with E-state index in [-0.39, 0.29) is 5.82 Å². The molecule has 1 aromatic carbocycles. The minimum absolute atomic E-state index is 0.264. The molecule has 0 saturated carbocycles. The molecule has 0 amide bonds. The molecule has 1 aromatic rings. The molecule has 19 heavy (non-hydrogen) atoms. The van der Waals surface area contributed by atoms with Crippen molar-refractivity contribution in [3.05, 3.63) is 30.1 Å².